The minimum atomic E-state index is 0. The van der Waals surface area contributed by atoms with Crippen molar-refractivity contribution in [2.45, 2.75) is 6.92 Å². The quantitative estimate of drug-likeness (QED) is 0.166. The van der Waals surface area contributed by atoms with E-state index in [1.165, 1.54) is 5.56 Å². The molecule has 49 heavy (non-hydrogen) atoms. The van der Waals surface area contributed by atoms with E-state index in [9.17, 15) is 0 Å². The van der Waals surface area contributed by atoms with Gasteiger partial charge in [0.15, 0.2) is 0 Å². The van der Waals surface area contributed by atoms with Crippen molar-refractivity contribution in [2.24, 2.45) is 0 Å². The van der Waals surface area contributed by atoms with E-state index in [0.717, 1.165) is 77.5 Å². The summed E-state index contributed by atoms with van der Waals surface area (Å²) in [6.45, 7) is 2.03. The van der Waals surface area contributed by atoms with Gasteiger partial charge in [-0.1, -0.05) is 83.7 Å². The van der Waals surface area contributed by atoms with Gasteiger partial charge in [-0.05, 0) is 70.2 Å². The van der Waals surface area contributed by atoms with Crippen LogP contribution in [-0.2, 0) is 20.1 Å². The Morgan fingerprint density at radius 2 is 1.43 bits per heavy atom. The van der Waals surface area contributed by atoms with Crippen molar-refractivity contribution in [2.75, 3.05) is 0 Å². The van der Waals surface area contributed by atoms with Gasteiger partial charge in [-0.25, -0.2) is 0 Å². The van der Waals surface area contributed by atoms with E-state index in [1.807, 2.05) is 92.2 Å². The van der Waals surface area contributed by atoms with Gasteiger partial charge in [0.25, 0.3) is 0 Å². The van der Waals surface area contributed by atoms with E-state index < -0.39 is 0 Å². The summed E-state index contributed by atoms with van der Waals surface area (Å²) >= 11 is 0. The molecule has 1 radical (unpaired) electrons. The average molecular weight is 808 g/mol. The van der Waals surface area contributed by atoms with Crippen LogP contribution in [0.15, 0.2) is 163 Å². The zero-order chi connectivity index (χ0) is 32.3. The normalized spacial score (nSPS) is 10.8. The van der Waals surface area contributed by atoms with Crippen molar-refractivity contribution >= 4 is 32.7 Å². The topological polar surface area (TPSA) is 51.8 Å². The van der Waals surface area contributed by atoms with Crippen LogP contribution in [0.5, 0.6) is 0 Å². The maximum atomic E-state index is 6.67. The summed E-state index contributed by atoms with van der Waals surface area (Å²) in [4.78, 5) is 13.3. The molecule has 0 N–H and O–H groups in total. The number of aryl methyl sites for hydroxylation is 1. The summed E-state index contributed by atoms with van der Waals surface area (Å²) in [6, 6.07) is 51.7. The number of hydrogen-bond donors (Lipinski definition) is 0. The van der Waals surface area contributed by atoms with Gasteiger partial charge in [-0.15, -0.1) is 54.1 Å². The second-order valence-electron chi connectivity index (χ2n) is 11.6. The third-order valence-electron chi connectivity index (χ3n) is 8.43. The molecule has 0 aliphatic carbocycles. The Morgan fingerprint density at radius 1 is 0.551 bits per heavy atom. The minimum absolute atomic E-state index is 0. The molecule has 0 aliphatic rings. The van der Waals surface area contributed by atoms with Gasteiger partial charge >= 0.3 is 0 Å². The van der Waals surface area contributed by atoms with Crippen molar-refractivity contribution in [3.8, 4) is 44.8 Å². The predicted octanol–water partition coefficient (Wildman–Crippen LogP) is 11.2. The van der Waals surface area contributed by atoms with Crippen LogP contribution in [0.1, 0.15) is 5.56 Å². The first-order valence-electron chi connectivity index (χ1n) is 15.8. The Labute approximate surface area is 298 Å². The van der Waals surface area contributed by atoms with Crippen LogP contribution in [0.4, 0.5) is 0 Å². The third-order valence-corrected chi connectivity index (χ3v) is 8.43. The molecule has 0 bridgehead atoms. The Hall–Kier alpha value is -5.74. The molecule has 5 heteroatoms. The standard InChI is InChI=1S/C32H19N2O.C12H10N.Ir/c1-2-8-21(9-3-1)23-18-27(24-11-6-10-22-15-17-33-20-29(22)24)32-28(19-23)25-12-7-13-26(31(25)35-32)30-14-4-5-16-34-30;1-10-7-8-12(13-9-10)11-5-3-2-4-6-11;/h1-12,14-20H;2-5,7-9H,1H3;/q2*-1;. The van der Waals surface area contributed by atoms with Crippen molar-refractivity contribution in [1.29, 1.82) is 0 Å². The molecule has 237 valence electrons. The van der Waals surface area contributed by atoms with Gasteiger partial charge < -0.3 is 14.4 Å². The van der Waals surface area contributed by atoms with Gasteiger partial charge in [0.1, 0.15) is 5.58 Å². The van der Waals surface area contributed by atoms with Crippen LogP contribution in [0.2, 0.25) is 0 Å². The fourth-order valence-electron chi connectivity index (χ4n) is 6.07. The summed E-state index contributed by atoms with van der Waals surface area (Å²) in [5.41, 5.74) is 11.0. The second kappa shape index (κ2) is 14.2. The summed E-state index contributed by atoms with van der Waals surface area (Å²) in [7, 11) is 0. The minimum Gasteiger partial charge on any atom is -0.500 e. The molecule has 0 saturated carbocycles. The van der Waals surface area contributed by atoms with Gasteiger partial charge in [-0.2, -0.15) is 0 Å². The molecule has 0 aliphatic heterocycles. The maximum Gasteiger partial charge on any atom is 0.128 e. The Morgan fingerprint density at radius 3 is 2.22 bits per heavy atom. The average Bonchev–Trinajstić information content (AvgIpc) is 3.55. The zero-order valence-electron chi connectivity index (χ0n) is 26.6. The van der Waals surface area contributed by atoms with Crippen LogP contribution >= 0.6 is 0 Å². The van der Waals surface area contributed by atoms with Gasteiger partial charge in [0, 0.05) is 61.2 Å². The first kappa shape index (κ1) is 31.8. The Bertz CT molecular complexity index is 2490. The molecule has 0 atom stereocenters. The molecule has 0 spiro atoms. The summed E-state index contributed by atoms with van der Waals surface area (Å²) in [5, 5.41) is 4.37. The van der Waals surface area contributed by atoms with Crippen molar-refractivity contribution in [3.05, 3.63) is 176 Å². The van der Waals surface area contributed by atoms with Crippen LogP contribution in [0, 0.1) is 19.1 Å². The molecule has 4 nitrogen and oxygen atoms in total. The number of nitrogens with zero attached hydrogens (tertiary/aromatic N) is 3. The number of pyridine rings is 3. The van der Waals surface area contributed by atoms with E-state index >= 15 is 0 Å². The smallest absolute Gasteiger partial charge is 0.128 e. The number of benzene rings is 5. The fraction of sp³-hybridized carbons (Fsp3) is 0.0227. The number of fused-ring (bicyclic) bond motifs is 4. The zero-order valence-corrected chi connectivity index (χ0v) is 29.0. The molecular formula is C44H29IrN3O-2. The largest absolute Gasteiger partial charge is 0.500 e. The van der Waals surface area contributed by atoms with E-state index in [2.05, 4.69) is 93.8 Å². The van der Waals surface area contributed by atoms with Crippen LogP contribution in [0.3, 0.4) is 0 Å². The first-order chi connectivity index (χ1) is 23.7. The Balaban J connectivity index is 0.000000228. The van der Waals surface area contributed by atoms with Crippen LogP contribution in [0.25, 0.3) is 77.5 Å². The molecular weight excluding hydrogens is 779 g/mol. The van der Waals surface area contributed by atoms with Crippen molar-refractivity contribution in [3.63, 3.8) is 0 Å². The SMILES string of the molecule is Cc1ccc(-c2[c-]cccc2)nc1.[Ir].[c-]1ccc2c(oc3c(-c4cccc5ccncc45)cc(-c4ccccc4)cc32)c1-c1ccccn1. The summed E-state index contributed by atoms with van der Waals surface area (Å²) in [6.07, 6.45) is 7.43. The van der Waals surface area contributed by atoms with E-state index in [1.54, 1.807) is 6.20 Å². The summed E-state index contributed by atoms with van der Waals surface area (Å²) < 4.78 is 6.67. The fourth-order valence-corrected chi connectivity index (χ4v) is 6.07. The van der Waals surface area contributed by atoms with Crippen molar-refractivity contribution in [1.82, 2.24) is 15.0 Å². The molecule has 0 amide bonds. The number of hydrogen-bond acceptors (Lipinski definition) is 4. The van der Waals surface area contributed by atoms with Gasteiger partial charge in [0.2, 0.25) is 0 Å². The monoisotopic (exact) mass is 808 g/mol. The third kappa shape index (κ3) is 6.42. The molecule has 9 aromatic rings. The van der Waals surface area contributed by atoms with E-state index in [-0.39, 0.29) is 20.1 Å². The molecule has 0 saturated heterocycles. The van der Waals surface area contributed by atoms with E-state index in [0.29, 0.717) is 0 Å². The predicted molar refractivity (Wildman–Crippen MR) is 195 cm³/mol. The van der Waals surface area contributed by atoms with Gasteiger partial charge in [-0.3, -0.25) is 4.98 Å². The molecule has 4 heterocycles. The number of furan rings is 1. The molecule has 0 fully saturated rings. The van der Waals surface area contributed by atoms with Gasteiger partial charge in [0.05, 0.1) is 5.58 Å². The second-order valence-corrected chi connectivity index (χ2v) is 11.6. The van der Waals surface area contributed by atoms with Crippen molar-refractivity contribution < 1.29 is 24.5 Å². The summed E-state index contributed by atoms with van der Waals surface area (Å²) in [5.74, 6) is 0. The molecule has 9 rings (SSSR count). The maximum absolute atomic E-state index is 6.67. The molecule has 0 unspecified atom stereocenters. The molecule has 4 aromatic heterocycles. The van der Waals surface area contributed by atoms with Crippen LogP contribution in [-0.4, -0.2) is 15.0 Å². The Kier molecular flexibility index (Phi) is 9.21. The van der Waals surface area contributed by atoms with E-state index in [4.69, 9.17) is 4.42 Å². The van der Waals surface area contributed by atoms with Crippen LogP contribution < -0.4 is 0 Å². The number of rotatable bonds is 4. The number of aromatic nitrogens is 3. The first-order valence-corrected chi connectivity index (χ1v) is 15.8. The molecule has 5 aromatic carbocycles.